The summed E-state index contributed by atoms with van der Waals surface area (Å²) in [5.41, 5.74) is 0. The summed E-state index contributed by atoms with van der Waals surface area (Å²) >= 11 is 0. The van der Waals surface area contributed by atoms with Crippen molar-refractivity contribution in [3.63, 3.8) is 0 Å². The predicted molar refractivity (Wildman–Crippen MR) is 63.8 cm³/mol. The standard InChI is InChI=1S/C12H21NOS/c1-9(2)8-15(14)12-6-10(3)4-5-11(12)7-13/h9-12H,4-6,8H2,1-3H3. The van der Waals surface area contributed by atoms with E-state index in [1.165, 1.54) is 0 Å². The fourth-order valence-corrected chi connectivity index (χ4v) is 4.23. The Morgan fingerprint density at radius 3 is 2.67 bits per heavy atom. The van der Waals surface area contributed by atoms with Crippen molar-refractivity contribution in [2.24, 2.45) is 17.8 Å². The molecular formula is C12H21NOS. The van der Waals surface area contributed by atoms with Gasteiger partial charge in [0.15, 0.2) is 0 Å². The van der Waals surface area contributed by atoms with E-state index < -0.39 is 10.8 Å². The van der Waals surface area contributed by atoms with Gasteiger partial charge in [-0.05, 0) is 31.1 Å². The van der Waals surface area contributed by atoms with Crippen LogP contribution in [-0.2, 0) is 10.8 Å². The lowest BCUT2D eigenvalue weighted by Gasteiger charge is -2.30. The molecule has 0 aliphatic heterocycles. The lowest BCUT2D eigenvalue weighted by Crippen LogP contribution is -2.33. The molecule has 1 fully saturated rings. The molecule has 1 saturated carbocycles. The Morgan fingerprint density at radius 2 is 2.13 bits per heavy atom. The van der Waals surface area contributed by atoms with Crippen LogP contribution in [0.3, 0.4) is 0 Å². The van der Waals surface area contributed by atoms with Crippen molar-refractivity contribution in [3.05, 3.63) is 0 Å². The highest BCUT2D eigenvalue weighted by Crippen LogP contribution is 2.32. The lowest BCUT2D eigenvalue weighted by atomic mass is 9.83. The average Bonchev–Trinajstić information content (AvgIpc) is 2.16. The highest BCUT2D eigenvalue weighted by atomic mass is 32.2. The molecular weight excluding hydrogens is 206 g/mol. The zero-order valence-electron chi connectivity index (χ0n) is 9.90. The number of nitriles is 1. The van der Waals surface area contributed by atoms with Gasteiger partial charge in [-0.2, -0.15) is 5.26 Å². The molecule has 1 aliphatic rings. The van der Waals surface area contributed by atoms with Crippen molar-refractivity contribution in [3.8, 4) is 6.07 Å². The Bertz CT molecular complexity index is 269. The summed E-state index contributed by atoms with van der Waals surface area (Å²) in [5.74, 6) is 1.87. The summed E-state index contributed by atoms with van der Waals surface area (Å²) in [6, 6.07) is 2.34. The molecule has 4 unspecified atom stereocenters. The third-order valence-electron chi connectivity index (χ3n) is 3.06. The Hall–Kier alpha value is -0.360. The topological polar surface area (TPSA) is 40.9 Å². The van der Waals surface area contributed by atoms with Gasteiger partial charge in [-0.15, -0.1) is 0 Å². The first-order valence-corrected chi connectivity index (χ1v) is 7.19. The van der Waals surface area contributed by atoms with Crippen LogP contribution < -0.4 is 0 Å². The van der Waals surface area contributed by atoms with E-state index in [9.17, 15) is 4.21 Å². The van der Waals surface area contributed by atoms with E-state index >= 15 is 0 Å². The second-order valence-corrected chi connectivity index (χ2v) is 6.83. The fraction of sp³-hybridized carbons (Fsp3) is 0.917. The highest BCUT2D eigenvalue weighted by molar-refractivity contribution is 7.85. The second kappa shape index (κ2) is 5.65. The maximum absolute atomic E-state index is 12.1. The van der Waals surface area contributed by atoms with Crippen LogP contribution >= 0.6 is 0 Å². The third-order valence-corrected chi connectivity index (χ3v) is 5.25. The summed E-state index contributed by atoms with van der Waals surface area (Å²) < 4.78 is 12.1. The van der Waals surface area contributed by atoms with Gasteiger partial charge in [0.1, 0.15) is 0 Å². The third kappa shape index (κ3) is 3.61. The first kappa shape index (κ1) is 12.7. The van der Waals surface area contributed by atoms with Crippen LogP contribution in [0.5, 0.6) is 0 Å². The summed E-state index contributed by atoms with van der Waals surface area (Å²) in [6.45, 7) is 6.38. The Morgan fingerprint density at radius 1 is 1.47 bits per heavy atom. The van der Waals surface area contributed by atoms with E-state index in [-0.39, 0.29) is 11.2 Å². The Balaban J connectivity index is 2.63. The van der Waals surface area contributed by atoms with Crippen molar-refractivity contribution in [1.29, 1.82) is 5.26 Å². The van der Waals surface area contributed by atoms with E-state index in [2.05, 4.69) is 26.8 Å². The van der Waals surface area contributed by atoms with E-state index in [0.29, 0.717) is 11.8 Å². The molecule has 0 aromatic rings. The molecule has 0 aromatic carbocycles. The van der Waals surface area contributed by atoms with Crippen LogP contribution in [0.25, 0.3) is 0 Å². The molecule has 2 nitrogen and oxygen atoms in total. The van der Waals surface area contributed by atoms with Gasteiger partial charge >= 0.3 is 0 Å². The van der Waals surface area contributed by atoms with E-state index in [0.717, 1.165) is 25.0 Å². The summed E-state index contributed by atoms with van der Waals surface area (Å²) in [6.07, 6.45) is 3.03. The molecule has 0 bridgehead atoms. The maximum Gasteiger partial charge on any atom is 0.0668 e. The van der Waals surface area contributed by atoms with Crippen LogP contribution in [0.15, 0.2) is 0 Å². The van der Waals surface area contributed by atoms with Gasteiger partial charge in [0, 0.05) is 16.6 Å². The van der Waals surface area contributed by atoms with E-state index in [4.69, 9.17) is 5.26 Å². The van der Waals surface area contributed by atoms with Gasteiger partial charge in [-0.3, -0.25) is 4.21 Å². The molecule has 0 radical (unpaired) electrons. The average molecular weight is 227 g/mol. The Labute approximate surface area is 95.5 Å². The molecule has 1 rings (SSSR count). The summed E-state index contributed by atoms with van der Waals surface area (Å²) in [7, 11) is -0.810. The number of hydrogen-bond acceptors (Lipinski definition) is 2. The zero-order chi connectivity index (χ0) is 11.4. The van der Waals surface area contributed by atoms with Gasteiger partial charge < -0.3 is 0 Å². The monoisotopic (exact) mass is 227 g/mol. The van der Waals surface area contributed by atoms with Crippen molar-refractivity contribution in [1.82, 2.24) is 0 Å². The van der Waals surface area contributed by atoms with E-state index in [1.807, 2.05) is 0 Å². The number of nitrogens with zero attached hydrogens (tertiary/aromatic N) is 1. The molecule has 0 heterocycles. The molecule has 1 aliphatic carbocycles. The van der Waals surface area contributed by atoms with Crippen molar-refractivity contribution >= 4 is 10.8 Å². The second-order valence-electron chi connectivity index (χ2n) is 5.13. The fourth-order valence-electron chi connectivity index (χ4n) is 2.22. The largest absolute Gasteiger partial charge is 0.259 e. The van der Waals surface area contributed by atoms with Gasteiger partial charge in [0.2, 0.25) is 0 Å². The summed E-state index contributed by atoms with van der Waals surface area (Å²) in [4.78, 5) is 0. The van der Waals surface area contributed by atoms with E-state index in [1.54, 1.807) is 0 Å². The molecule has 86 valence electrons. The minimum atomic E-state index is -0.810. The SMILES string of the molecule is CC(C)CS(=O)C1CC(C)CCC1C#N. The lowest BCUT2D eigenvalue weighted by molar-refractivity contribution is 0.340. The van der Waals surface area contributed by atoms with Crippen LogP contribution in [0, 0.1) is 29.1 Å². The van der Waals surface area contributed by atoms with Crippen molar-refractivity contribution in [2.45, 2.75) is 45.3 Å². The van der Waals surface area contributed by atoms with Gasteiger partial charge in [0.05, 0.1) is 17.2 Å². The van der Waals surface area contributed by atoms with Gasteiger partial charge in [-0.1, -0.05) is 20.8 Å². The number of hydrogen-bond donors (Lipinski definition) is 0. The normalized spacial score (nSPS) is 33.7. The molecule has 0 amide bonds. The molecule has 15 heavy (non-hydrogen) atoms. The first-order valence-electron chi connectivity index (χ1n) is 5.81. The minimum Gasteiger partial charge on any atom is -0.259 e. The predicted octanol–water partition coefficient (Wildman–Crippen LogP) is 2.72. The number of rotatable bonds is 3. The highest BCUT2D eigenvalue weighted by Gasteiger charge is 2.32. The minimum absolute atomic E-state index is 0.0285. The Kier molecular flexibility index (Phi) is 4.79. The molecule has 0 N–H and O–H groups in total. The molecule has 4 atom stereocenters. The maximum atomic E-state index is 12.1. The molecule has 3 heteroatoms. The van der Waals surface area contributed by atoms with Crippen molar-refractivity contribution < 1.29 is 4.21 Å². The van der Waals surface area contributed by atoms with Crippen LogP contribution in [0.1, 0.15) is 40.0 Å². The molecule has 0 aromatic heterocycles. The quantitative estimate of drug-likeness (QED) is 0.744. The van der Waals surface area contributed by atoms with Crippen molar-refractivity contribution in [2.75, 3.05) is 5.75 Å². The van der Waals surface area contributed by atoms with Crippen LogP contribution in [-0.4, -0.2) is 15.2 Å². The van der Waals surface area contributed by atoms with Gasteiger partial charge in [0.25, 0.3) is 0 Å². The zero-order valence-corrected chi connectivity index (χ0v) is 10.7. The molecule has 0 spiro atoms. The smallest absolute Gasteiger partial charge is 0.0668 e. The van der Waals surface area contributed by atoms with Crippen LogP contribution in [0.4, 0.5) is 0 Å². The first-order chi connectivity index (χ1) is 7.04. The van der Waals surface area contributed by atoms with Crippen LogP contribution in [0.2, 0.25) is 0 Å². The van der Waals surface area contributed by atoms with Gasteiger partial charge in [-0.25, -0.2) is 0 Å². The molecule has 0 saturated heterocycles. The summed E-state index contributed by atoms with van der Waals surface area (Å²) in [5, 5.41) is 9.17.